The average molecular weight is 344 g/mol. The fourth-order valence-electron chi connectivity index (χ4n) is 2.91. The number of nitrogens with zero attached hydrogens (tertiary/aromatic N) is 2. The zero-order valence-corrected chi connectivity index (χ0v) is 14.9. The first kappa shape index (κ1) is 17.4. The van der Waals surface area contributed by atoms with E-state index >= 15 is 0 Å². The van der Waals surface area contributed by atoms with Gasteiger partial charge >= 0.3 is 6.03 Å². The number of benzene rings is 1. The predicted octanol–water partition coefficient (Wildman–Crippen LogP) is 2.74. The molecule has 2 amide bonds. The van der Waals surface area contributed by atoms with Crippen LogP contribution in [0.5, 0.6) is 0 Å². The van der Waals surface area contributed by atoms with Crippen LogP contribution in [0.15, 0.2) is 36.4 Å². The highest BCUT2D eigenvalue weighted by Crippen LogP contribution is 2.32. The summed E-state index contributed by atoms with van der Waals surface area (Å²) in [6.45, 7) is 5.99. The van der Waals surface area contributed by atoms with Gasteiger partial charge in [-0.15, -0.1) is 0 Å². The van der Waals surface area contributed by atoms with Crippen molar-refractivity contribution in [2.75, 3.05) is 11.9 Å². The normalized spacial score (nSPS) is 22.4. The molecule has 1 fully saturated rings. The van der Waals surface area contributed by atoms with Crippen LogP contribution in [0.3, 0.4) is 0 Å². The third-order valence-corrected chi connectivity index (χ3v) is 4.07. The van der Waals surface area contributed by atoms with Gasteiger partial charge in [0, 0.05) is 13.1 Å². The van der Waals surface area contributed by atoms with E-state index in [4.69, 9.17) is 9.47 Å². The van der Waals surface area contributed by atoms with Gasteiger partial charge < -0.3 is 14.8 Å². The van der Waals surface area contributed by atoms with Crippen LogP contribution in [0.25, 0.3) is 0 Å². The second-order valence-corrected chi connectivity index (χ2v) is 6.66. The number of aryl methyl sites for hydroxylation is 2. The van der Waals surface area contributed by atoms with Gasteiger partial charge in [0.05, 0.1) is 18.3 Å². The molecule has 1 aromatic carbocycles. The first-order valence-corrected chi connectivity index (χ1v) is 8.29. The summed E-state index contributed by atoms with van der Waals surface area (Å²) >= 11 is 0. The molecule has 134 valence electrons. The summed E-state index contributed by atoms with van der Waals surface area (Å²) in [6.07, 6.45) is -0.288. The van der Waals surface area contributed by atoms with E-state index < -0.39 is 5.79 Å². The van der Waals surface area contributed by atoms with E-state index in [0.717, 1.165) is 11.3 Å². The Kier molecular flexibility index (Phi) is 4.78. The molecule has 0 saturated carbocycles. The summed E-state index contributed by atoms with van der Waals surface area (Å²) in [6, 6.07) is 11.0. The van der Waals surface area contributed by atoms with Gasteiger partial charge in [0.2, 0.25) is 0 Å². The van der Waals surface area contributed by atoms with Crippen molar-refractivity contribution in [1.82, 2.24) is 15.1 Å². The molecule has 7 heteroatoms. The molecule has 0 aliphatic carbocycles. The standard InChI is InChI=1S/C18H24N4O3/c1-12-10-15(22(4)21-12)20-17(23)19-14-11-24-18(2,3)25-16(14)13-8-6-5-7-9-13/h5-10,14,16H,11H2,1-4H3,(H2,19,20,23)/t14-,16-/m1/s1. The summed E-state index contributed by atoms with van der Waals surface area (Å²) in [5.41, 5.74) is 1.84. The minimum Gasteiger partial charge on any atom is -0.348 e. The van der Waals surface area contributed by atoms with Crippen molar-refractivity contribution < 1.29 is 14.3 Å². The van der Waals surface area contributed by atoms with Crippen LogP contribution in [0.2, 0.25) is 0 Å². The molecule has 0 unspecified atom stereocenters. The Labute approximate surface area is 147 Å². The molecule has 1 saturated heterocycles. The molecule has 3 rings (SSSR count). The van der Waals surface area contributed by atoms with E-state index in [1.54, 1.807) is 11.7 Å². The molecule has 2 N–H and O–H groups in total. The van der Waals surface area contributed by atoms with Crippen molar-refractivity contribution in [1.29, 1.82) is 0 Å². The number of amides is 2. The van der Waals surface area contributed by atoms with Crippen LogP contribution >= 0.6 is 0 Å². The molecular formula is C18H24N4O3. The van der Waals surface area contributed by atoms with Crippen LogP contribution in [0.1, 0.15) is 31.2 Å². The smallest absolute Gasteiger partial charge is 0.320 e. The maximum atomic E-state index is 12.4. The fourth-order valence-corrected chi connectivity index (χ4v) is 2.91. The highest BCUT2D eigenvalue weighted by Gasteiger charge is 2.38. The lowest BCUT2D eigenvalue weighted by molar-refractivity contribution is -0.284. The zero-order chi connectivity index (χ0) is 18.0. The van der Waals surface area contributed by atoms with Crippen molar-refractivity contribution in [3.05, 3.63) is 47.7 Å². The molecule has 25 heavy (non-hydrogen) atoms. The van der Waals surface area contributed by atoms with Crippen molar-refractivity contribution in [2.24, 2.45) is 7.05 Å². The van der Waals surface area contributed by atoms with Crippen LogP contribution in [-0.4, -0.2) is 34.2 Å². The summed E-state index contributed by atoms with van der Waals surface area (Å²) in [4.78, 5) is 12.4. The van der Waals surface area contributed by atoms with Gasteiger partial charge in [0.25, 0.3) is 0 Å². The highest BCUT2D eigenvalue weighted by molar-refractivity contribution is 5.88. The van der Waals surface area contributed by atoms with E-state index in [1.165, 1.54) is 0 Å². The van der Waals surface area contributed by atoms with Crippen molar-refractivity contribution in [2.45, 2.75) is 38.7 Å². The molecule has 2 aromatic rings. The first-order chi connectivity index (χ1) is 11.8. The summed E-state index contributed by atoms with van der Waals surface area (Å²) in [5, 5.41) is 9.98. The quantitative estimate of drug-likeness (QED) is 0.897. The van der Waals surface area contributed by atoms with Gasteiger partial charge in [-0.25, -0.2) is 4.79 Å². The number of nitrogens with one attached hydrogen (secondary N) is 2. The van der Waals surface area contributed by atoms with Crippen molar-refractivity contribution >= 4 is 11.8 Å². The highest BCUT2D eigenvalue weighted by atomic mass is 16.7. The van der Waals surface area contributed by atoms with Gasteiger partial charge in [-0.2, -0.15) is 5.10 Å². The molecule has 0 spiro atoms. The van der Waals surface area contributed by atoms with Crippen molar-refractivity contribution in [3.8, 4) is 0 Å². The molecule has 1 aliphatic heterocycles. The summed E-state index contributed by atoms with van der Waals surface area (Å²) < 4.78 is 13.4. The Bertz CT molecular complexity index is 742. The lowest BCUT2D eigenvalue weighted by atomic mass is 10.0. The second kappa shape index (κ2) is 6.85. The van der Waals surface area contributed by atoms with Crippen LogP contribution in [0, 0.1) is 6.92 Å². The second-order valence-electron chi connectivity index (χ2n) is 6.66. The van der Waals surface area contributed by atoms with Gasteiger partial charge in [0.1, 0.15) is 11.9 Å². The number of aromatic nitrogens is 2. The number of carbonyl (C=O) groups excluding carboxylic acids is 1. The molecule has 0 bridgehead atoms. The number of rotatable bonds is 3. The maximum Gasteiger partial charge on any atom is 0.320 e. The van der Waals surface area contributed by atoms with Crippen LogP contribution in [-0.2, 0) is 16.5 Å². The largest absolute Gasteiger partial charge is 0.348 e. The van der Waals surface area contributed by atoms with Gasteiger partial charge in [-0.1, -0.05) is 30.3 Å². The summed E-state index contributed by atoms with van der Waals surface area (Å²) in [5.74, 6) is -0.0712. The van der Waals surface area contributed by atoms with E-state index in [2.05, 4.69) is 15.7 Å². The molecule has 1 aromatic heterocycles. The van der Waals surface area contributed by atoms with E-state index in [0.29, 0.717) is 12.4 Å². The number of carbonyl (C=O) groups is 1. The van der Waals surface area contributed by atoms with Crippen LogP contribution in [0.4, 0.5) is 10.6 Å². The van der Waals surface area contributed by atoms with E-state index in [-0.39, 0.29) is 18.2 Å². The Morgan fingerprint density at radius 3 is 2.68 bits per heavy atom. The van der Waals surface area contributed by atoms with Gasteiger partial charge in [-0.3, -0.25) is 10.00 Å². The molecule has 7 nitrogen and oxygen atoms in total. The molecule has 2 heterocycles. The SMILES string of the molecule is Cc1cc(NC(=O)N[C@@H]2COC(C)(C)O[C@@H]2c2ccccc2)n(C)n1. The number of ether oxygens (including phenoxy) is 2. The van der Waals surface area contributed by atoms with Crippen molar-refractivity contribution in [3.63, 3.8) is 0 Å². The molecular weight excluding hydrogens is 320 g/mol. The molecule has 1 aliphatic rings. The minimum atomic E-state index is -0.700. The Balaban J connectivity index is 1.72. The van der Waals surface area contributed by atoms with E-state index in [1.807, 2.05) is 57.2 Å². The fraction of sp³-hybridized carbons (Fsp3) is 0.444. The monoisotopic (exact) mass is 344 g/mol. The number of urea groups is 1. The van der Waals surface area contributed by atoms with E-state index in [9.17, 15) is 4.79 Å². The van der Waals surface area contributed by atoms with Crippen LogP contribution < -0.4 is 10.6 Å². The Morgan fingerprint density at radius 1 is 1.32 bits per heavy atom. The topological polar surface area (TPSA) is 77.4 Å². The Hall–Kier alpha value is -2.38. The zero-order valence-electron chi connectivity index (χ0n) is 14.9. The van der Waals surface area contributed by atoms with Gasteiger partial charge in [-0.05, 0) is 26.3 Å². The maximum absolute atomic E-state index is 12.4. The van der Waals surface area contributed by atoms with Gasteiger partial charge in [0.15, 0.2) is 5.79 Å². The lowest BCUT2D eigenvalue weighted by Gasteiger charge is -2.41. The number of hydrogen-bond acceptors (Lipinski definition) is 4. The third kappa shape index (κ3) is 4.18. The third-order valence-electron chi connectivity index (χ3n) is 4.07. The minimum absolute atomic E-state index is 0.288. The number of anilines is 1. The Morgan fingerprint density at radius 2 is 2.04 bits per heavy atom. The first-order valence-electron chi connectivity index (χ1n) is 8.29. The number of hydrogen-bond donors (Lipinski definition) is 2. The lowest BCUT2D eigenvalue weighted by Crippen LogP contribution is -2.52. The average Bonchev–Trinajstić information content (AvgIpc) is 2.87. The predicted molar refractivity (Wildman–Crippen MR) is 94.2 cm³/mol. The molecule has 2 atom stereocenters. The summed E-state index contributed by atoms with van der Waals surface area (Å²) in [7, 11) is 1.78. The molecule has 0 radical (unpaired) electrons.